The van der Waals surface area contributed by atoms with Crippen molar-refractivity contribution in [3.8, 4) is 11.5 Å². The van der Waals surface area contributed by atoms with Crippen molar-refractivity contribution < 1.29 is 28.7 Å². The lowest BCUT2D eigenvalue weighted by Crippen LogP contribution is -2.48. The van der Waals surface area contributed by atoms with Gasteiger partial charge in [-0.05, 0) is 42.5 Å². The molecule has 0 spiro atoms. The second-order valence-electron chi connectivity index (χ2n) is 8.70. The third-order valence-corrected chi connectivity index (χ3v) is 5.66. The van der Waals surface area contributed by atoms with Crippen LogP contribution in [0.5, 0.6) is 11.5 Å². The topological polar surface area (TPSA) is 120 Å². The van der Waals surface area contributed by atoms with Gasteiger partial charge in [0.05, 0.1) is 37.5 Å². The Kier molecular flexibility index (Phi) is 10.5. The van der Waals surface area contributed by atoms with Gasteiger partial charge in [-0.3, -0.25) is 14.9 Å². The van der Waals surface area contributed by atoms with Crippen LogP contribution in [0.1, 0.15) is 49.5 Å². The summed E-state index contributed by atoms with van der Waals surface area (Å²) in [4.78, 5) is 38.7. The number of nitro groups is 1. The largest absolute Gasteiger partial charge is 0.493 e. The zero-order chi connectivity index (χ0) is 26.8. The first-order valence-corrected chi connectivity index (χ1v) is 11.8. The van der Waals surface area contributed by atoms with E-state index in [1.807, 2.05) is 31.7 Å². The summed E-state index contributed by atoms with van der Waals surface area (Å²) >= 11 is 0. The van der Waals surface area contributed by atoms with E-state index in [0.717, 1.165) is 5.56 Å². The van der Waals surface area contributed by atoms with E-state index in [1.165, 1.54) is 25.3 Å². The lowest BCUT2D eigenvalue weighted by atomic mass is 9.99. The SMILES string of the molecule is CCCN(c1ccc([N+](=O)[O-])cc1C(=O)OC)C(CC(C)C)C(=O)NCc1ccc(OC)c(OC)c1. The summed E-state index contributed by atoms with van der Waals surface area (Å²) < 4.78 is 15.5. The Labute approximate surface area is 211 Å². The van der Waals surface area contributed by atoms with E-state index in [9.17, 15) is 19.7 Å². The third kappa shape index (κ3) is 7.10. The quantitative estimate of drug-likeness (QED) is 0.244. The number of rotatable bonds is 13. The van der Waals surface area contributed by atoms with Crippen LogP contribution >= 0.6 is 0 Å². The fourth-order valence-electron chi connectivity index (χ4n) is 3.97. The lowest BCUT2D eigenvalue weighted by Gasteiger charge is -2.34. The third-order valence-electron chi connectivity index (χ3n) is 5.66. The fourth-order valence-corrected chi connectivity index (χ4v) is 3.97. The van der Waals surface area contributed by atoms with Crippen molar-refractivity contribution in [2.75, 3.05) is 32.8 Å². The molecule has 0 saturated carbocycles. The van der Waals surface area contributed by atoms with Crippen LogP contribution in [-0.2, 0) is 16.1 Å². The molecule has 0 bridgehead atoms. The average molecular weight is 502 g/mol. The highest BCUT2D eigenvalue weighted by Crippen LogP contribution is 2.30. The molecule has 0 heterocycles. The summed E-state index contributed by atoms with van der Waals surface area (Å²) in [7, 11) is 4.32. The minimum Gasteiger partial charge on any atom is -0.493 e. The van der Waals surface area contributed by atoms with Crippen LogP contribution in [0.4, 0.5) is 11.4 Å². The number of hydrogen-bond acceptors (Lipinski definition) is 8. The molecular formula is C26H35N3O7. The molecule has 0 aromatic heterocycles. The number of nitro benzene ring substituents is 1. The van der Waals surface area contributed by atoms with Gasteiger partial charge in [0, 0.05) is 25.2 Å². The highest BCUT2D eigenvalue weighted by Gasteiger charge is 2.30. The number of nitrogens with one attached hydrogen (secondary N) is 1. The molecule has 1 amide bonds. The summed E-state index contributed by atoms with van der Waals surface area (Å²) in [6.07, 6.45) is 1.20. The summed E-state index contributed by atoms with van der Waals surface area (Å²) in [5, 5.41) is 14.3. The molecule has 2 rings (SSSR count). The van der Waals surface area contributed by atoms with E-state index in [0.29, 0.717) is 36.6 Å². The van der Waals surface area contributed by atoms with Crippen LogP contribution < -0.4 is 19.7 Å². The number of hydrogen-bond donors (Lipinski definition) is 1. The Morgan fingerprint density at radius 3 is 2.31 bits per heavy atom. The fraction of sp³-hybridized carbons (Fsp3) is 0.462. The van der Waals surface area contributed by atoms with Gasteiger partial charge in [0.2, 0.25) is 5.91 Å². The van der Waals surface area contributed by atoms with Gasteiger partial charge < -0.3 is 24.4 Å². The van der Waals surface area contributed by atoms with E-state index in [-0.39, 0.29) is 29.6 Å². The van der Waals surface area contributed by atoms with Crippen LogP contribution in [0.25, 0.3) is 0 Å². The van der Waals surface area contributed by atoms with E-state index in [1.54, 1.807) is 26.4 Å². The highest BCUT2D eigenvalue weighted by atomic mass is 16.6. The molecule has 1 atom stereocenters. The minimum absolute atomic E-state index is 0.0431. The molecule has 0 aliphatic carbocycles. The maximum atomic E-state index is 13.5. The molecule has 1 unspecified atom stereocenters. The molecule has 0 aliphatic heterocycles. The average Bonchev–Trinajstić information content (AvgIpc) is 2.87. The van der Waals surface area contributed by atoms with Gasteiger partial charge in [-0.25, -0.2) is 4.79 Å². The Bertz CT molecular complexity index is 1070. The second kappa shape index (κ2) is 13.3. The summed E-state index contributed by atoms with van der Waals surface area (Å²) in [6, 6.07) is 8.83. The summed E-state index contributed by atoms with van der Waals surface area (Å²) in [5.41, 5.74) is 1.06. The van der Waals surface area contributed by atoms with Crippen molar-refractivity contribution >= 4 is 23.3 Å². The first-order chi connectivity index (χ1) is 17.2. The van der Waals surface area contributed by atoms with Gasteiger partial charge in [0.25, 0.3) is 5.69 Å². The number of amides is 1. The molecule has 0 aliphatic rings. The number of benzene rings is 2. The smallest absolute Gasteiger partial charge is 0.340 e. The molecule has 36 heavy (non-hydrogen) atoms. The Hall–Kier alpha value is -3.82. The Morgan fingerprint density at radius 2 is 1.75 bits per heavy atom. The molecule has 0 radical (unpaired) electrons. The predicted octanol–water partition coefficient (Wildman–Crippen LogP) is 4.35. The van der Waals surface area contributed by atoms with E-state index in [2.05, 4.69) is 5.32 Å². The zero-order valence-electron chi connectivity index (χ0n) is 21.7. The van der Waals surface area contributed by atoms with Crippen LogP contribution in [0, 0.1) is 16.0 Å². The molecule has 2 aromatic rings. The molecule has 10 nitrogen and oxygen atoms in total. The van der Waals surface area contributed by atoms with Crippen molar-refractivity contribution in [2.24, 2.45) is 5.92 Å². The molecule has 0 saturated heterocycles. The summed E-state index contributed by atoms with van der Waals surface area (Å²) in [5.74, 6) is 0.392. The number of carbonyl (C=O) groups excluding carboxylic acids is 2. The highest BCUT2D eigenvalue weighted by molar-refractivity contribution is 5.98. The maximum absolute atomic E-state index is 13.5. The summed E-state index contributed by atoms with van der Waals surface area (Å²) in [6.45, 7) is 6.70. The second-order valence-corrected chi connectivity index (χ2v) is 8.70. The van der Waals surface area contributed by atoms with E-state index < -0.39 is 16.9 Å². The van der Waals surface area contributed by atoms with Crippen LogP contribution in [0.15, 0.2) is 36.4 Å². The maximum Gasteiger partial charge on any atom is 0.340 e. The Balaban J connectivity index is 2.43. The normalized spacial score (nSPS) is 11.5. The molecule has 1 N–H and O–H groups in total. The van der Waals surface area contributed by atoms with E-state index in [4.69, 9.17) is 14.2 Å². The number of carbonyl (C=O) groups is 2. The minimum atomic E-state index is -0.705. The number of esters is 1. The van der Waals surface area contributed by atoms with Crippen LogP contribution in [0.3, 0.4) is 0 Å². The van der Waals surface area contributed by atoms with Crippen molar-refractivity contribution in [1.82, 2.24) is 5.32 Å². The molecular weight excluding hydrogens is 466 g/mol. The number of ether oxygens (including phenoxy) is 3. The molecule has 10 heteroatoms. The van der Waals surface area contributed by atoms with Crippen molar-refractivity contribution in [2.45, 2.75) is 46.2 Å². The van der Waals surface area contributed by atoms with Crippen molar-refractivity contribution in [1.29, 1.82) is 0 Å². The first-order valence-electron chi connectivity index (χ1n) is 11.8. The van der Waals surface area contributed by atoms with Gasteiger partial charge in [-0.2, -0.15) is 0 Å². The molecule has 2 aromatic carbocycles. The van der Waals surface area contributed by atoms with Crippen molar-refractivity contribution in [3.05, 3.63) is 57.6 Å². The number of nitrogens with zero attached hydrogens (tertiary/aromatic N) is 2. The van der Waals surface area contributed by atoms with Gasteiger partial charge in [0.15, 0.2) is 11.5 Å². The van der Waals surface area contributed by atoms with Gasteiger partial charge in [-0.1, -0.05) is 26.8 Å². The van der Waals surface area contributed by atoms with E-state index >= 15 is 0 Å². The Morgan fingerprint density at radius 1 is 1.06 bits per heavy atom. The first kappa shape index (κ1) is 28.4. The predicted molar refractivity (Wildman–Crippen MR) is 137 cm³/mol. The lowest BCUT2D eigenvalue weighted by molar-refractivity contribution is -0.384. The van der Waals surface area contributed by atoms with Crippen molar-refractivity contribution in [3.63, 3.8) is 0 Å². The standard InChI is InChI=1S/C26H35N3O7/c1-7-12-28(21-10-9-19(29(32)33)15-20(21)26(31)36-6)22(13-17(2)3)25(30)27-16-18-8-11-23(34-4)24(14-18)35-5/h8-11,14-15,17,22H,7,12-13,16H2,1-6H3,(H,27,30). The van der Waals surface area contributed by atoms with Gasteiger partial charge in [0.1, 0.15) is 6.04 Å². The van der Waals surface area contributed by atoms with Crippen LogP contribution in [-0.4, -0.2) is 50.7 Å². The van der Waals surface area contributed by atoms with Crippen LogP contribution in [0.2, 0.25) is 0 Å². The number of non-ortho nitro benzene ring substituents is 1. The molecule has 0 fully saturated rings. The van der Waals surface area contributed by atoms with Gasteiger partial charge in [-0.15, -0.1) is 0 Å². The van der Waals surface area contributed by atoms with Gasteiger partial charge >= 0.3 is 5.97 Å². The molecule has 196 valence electrons. The number of anilines is 1. The number of methoxy groups -OCH3 is 3. The zero-order valence-corrected chi connectivity index (χ0v) is 21.7. The monoisotopic (exact) mass is 501 g/mol.